The molecule has 2 rings (SSSR count). The number of nitro groups is 1. The Morgan fingerprint density at radius 2 is 1.96 bits per heavy atom. The van der Waals surface area contributed by atoms with E-state index in [0.29, 0.717) is 6.54 Å². The first-order valence-electron chi connectivity index (χ1n) is 7.10. The van der Waals surface area contributed by atoms with Crippen LogP contribution in [0.5, 0.6) is 0 Å². The Labute approximate surface area is 139 Å². The van der Waals surface area contributed by atoms with E-state index in [4.69, 9.17) is 0 Å². The summed E-state index contributed by atoms with van der Waals surface area (Å²) in [7, 11) is -3.46. The summed E-state index contributed by atoms with van der Waals surface area (Å²) >= 11 is 0.902. The Hall–Kier alpha value is -1.93. The Balaban J connectivity index is 2.22. The quantitative estimate of drug-likeness (QED) is 0.605. The number of rotatable bonds is 7. The fourth-order valence-corrected chi connectivity index (χ4v) is 4.19. The van der Waals surface area contributed by atoms with Gasteiger partial charge in [-0.05, 0) is 12.0 Å². The molecule has 0 saturated carbocycles. The predicted octanol–water partition coefficient (Wildman–Crippen LogP) is 3.67. The van der Waals surface area contributed by atoms with Crippen molar-refractivity contribution in [1.29, 1.82) is 0 Å². The Morgan fingerprint density at radius 3 is 2.48 bits per heavy atom. The summed E-state index contributed by atoms with van der Waals surface area (Å²) in [6.07, 6.45) is 1.92. The van der Waals surface area contributed by atoms with Gasteiger partial charge in [-0.1, -0.05) is 48.6 Å². The summed E-state index contributed by atoms with van der Waals surface area (Å²) in [5.74, 6) is 0.194. The highest BCUT2D eigenvalue weighted by atomic mass is 32.2. The van der Waals surface area contributed by atoms with Gasteiger partial charge in [0.05, 0.1) is 4.92 Å². The summed E-state index contributed by atoms with van der Waals surface area (Å²) in [4.78, 5) is 10.6. The second-order valence-corrected chi connectivity index (χ2v) is 8.50. The first-order chi connectivity index (χ1) is 10.8. The van der Waals surface area contributed by atoms with Crippen LogP contribution in [0, 0.1) is 10.1 Å². The molecule has 1 unspecified atom stereocenters. The van der Waals surface area contributed by atoms with Gasteiger partial charge in [0.25, 0.3) is 0 Å². The lowest BCUT2D eigenvalue weighted by atomic mass is 9.97. The zero-order chi connectivity index (χ0) is 17.0. The first-order valence-corrected chi connectivity index (χ1v) is 9.80. The number of nitrogens with zero attached hydrogens (tertiary/aromatic N) is 1. The number of hydrogen-bond donors (Lipinski definition) is 1. The molecule has 1 N–H and O–H groups in total. The van der Waals surface area contributed by atoms with Crippen LogP contribution in [0.2, 0.25) is 0 Å². The molecular weight excluding hydrogens is 336 g/mol. The van der Waals surface area contributed by atoms with Crippen LogP contribution in [0.25, 0.3) is 0 Å². The SMILES string of the molecule is CCC(CNc1sc(S(C)(=O)=O)cc1[N+](=O)[O-])c1ccccc1. The fourth-order valence-electron chi connectivity index (χ4n) is 2.24. The highest BCUT2D eigenvalue weighted by molar-refractivity contribution is 7.92. The van der Waals surface area contributed by atoms with Gasteiger partial charge in [-0.15, -0.1) is 0 Å². The standard InChI is InChI=1S/C15H18N2O4S2/c1-3-11(12-7-5-4-6-8-12)10-16-15-13(17(18)19)9-14(22-15)23(2,20)21/h4-9,11,16H,3,10H2,1-2H3. The molecule has 0 bridgehead atoms. The van der Waals surface area contributed by atoms with Crippen molar-refractivity contribution < 1.29 is 13.3 Å². The number of nitrogens with one attached hydrogen (secondary N) is 1. The second kappa shape index (κ2) is 7.10. The zero-order valence-corrected chi connectivity index (χ0v) is 14.5. The molecule has 124 valence electrons. The van der Waals surface area contributed by atoms with Gasteiger partial charge in [-0.3, -0.25) is 10.1 Å². The minimum absolute atomic E-state index is 0.000500. The maximum absolute atomic E-state index is 11.6. The topological polar surface area (TPSA) is 89.3 Å². The Kier molecular flexibility index (Phi) is 5.38. The summed E-state index contributed by atoms with van der Waals surface area (Å²) in [5, 5.41) is 14.5. The third kappa shape index (κ3) is 4.29. The predicted molar refractivity (Wildman–Crippen MR) is 92.0 cm³/mol. The molecule has 0 amide bonds. The third-order valence-corrected chi connectivity index (χ3v) is 6.41. The van der Waals surface area contributed by atoms with Gasteiger partial charge in [0.1, 0.15) is 4.21 Å². The molecule has 0 saturated heterocycles. The van der Waals surface area contributed by atoms with E-state index in [2.05, 4.69) is 5.32 Å². The molecule has 0 fully saturated rings. The lowest BCUT2D eigenvalue weighted by Gasteiger charge is -2.16. The monoisotopic (exact) mass is 354 g/mol. The second-order valence-electron chi connectivity index (χ2n) is 5.21. The van der Waals surface area contributed by atoms with Crippen LogP contribution in [0.4, 0.5) is 10.7 Å². The van der Waals surface area contributed by atoms with Gasteiger partial charge in [-0.25, -0.2) is 8.42 Å². The molecule has 23 heavy (non-hydrogen) atoms. The van der Waals surface area contributed by atoms with Crippen molar-refractivity contribution in [2.45, 2.75) is 23.5 Å². The minimum Gasteiger partial charge on any atom is -0.371 e. The van der Waals surface area contributed by atoms with Crippen molar-refractivity contribution in [2.75, 3.05) is 18.1 Å². The molecule has 1 heterocycles. The van der Waals surface area contributed by atoms with E-state index in [1.54, 1.807) is 0 Å². The summed E-state index contributed by atoms with van der Waals surface area (Å²) in [6, 6.07) is 11.0. The third-order valence-electron chi connectivity index (χ3n) is 3.52. The highest BCUT2D eigenvalue weighted by Crippen LogP contribution is 2.37. The highest BCUT2D eigenvalue weighted by Gasteiger charge is 2.24. The molecule has 1 aromatic carbocycles. The fraction of sp³-hybridized carbons (Fsp3) is 0.333. The average Bonchev–Trinajstić information content (AvgIpc) is 2.93. The molecule has 0 radical (unpaired) electrons. The van der Waals surface area contributed by atoms with E-state index in [9.17, 15) is 18.5 Å². The van der Waals surface area contributed by atoms with Gasteiger partial charge in [-0.2, -0.15) is 0 Å². The minimum atomic E-state index is -3.46. The summed E-state index contributed by atoms with van der Waals surface area (Å²) in [6.45, 7) is 2.55. The van der Waals surface area contributed by atoms with Crippen LogP contribution in [0.3, 0.4) is 0 Å². The van der Waals surface area contributed by atoms with Crippen LogP contribution in [-0.2, 0) is 9.84 Å². The van der Waals surface area contributed by atoms with E-state index >= 15 is 0 Å². The summed E-state index contributed by atoms with van der Waals surface area (Å²) in [5.41, 5.74) is 0.948. The van der Waals surface area contributed by atoms with Crippen molar-refractivity contribution in [3.05, 3.63) is 52.1 Å². The van der Waals surface area contributed by atoms with Gasteiger partial charge in [0.15, 0.2) is 14.8 Å². The van der Waals surface area contributed by atoms with Crippen LogP contribution in [0.1, 0.15) is 24.8 Å². The lowest BCUT2D eigenvalue weighted by Crippen LogP contribution is -2.12. The summed E-state index contributed by atoms with van der Waals surface area (Å²) < 4.78 is 23.2. The lowest BCUT2D eigenvalue weighted by molar-refractivity contribution is -0.383. The molecule has 1 aromatic heterocycles. The molecule has 0 aliphatic rings. The Bertz CT molecular complexity index is 785. The molecule has 1 atom stereocenters. The van der Waals surface area contributed by atoms with Crippen LogP contribution in [-0.4, -0.2) is 26.1 Å². The zero-order valence-electron chi connectivity index (χ0n) is 12.9. The molecular formula is C15H18N2O4S2. The largest absolute Gasteiger partial charge is 0.371 e. The smallest absolute Gasteiger partial charge is 0.304 e. The molecule has 0 spiro atoms. The van der Waals surface area contributed by atoms with Gasteiger partial charge < -0.3 is 5.32 Å². The number of benzene rings is 1. The molecule has 6 nitrogen and oxygen atoms in total. The van der Waals surface area contributed by atoms with Gasteiger partial charge in [0.2, 0.25) is 0 Å². The molecule has 2 aromatic rings. The van der Waals surface area contributed by atoms with Crippen LogP contribution in [0.15, 0.2) is 40.6 Å². The van der Waals surface area contributed by atoms with Crippen molar-refractivity contribution in [3.8, 4) is 0 Å². The number of thiophene rings is 1. The maximum atomic E-state index is 11.6. The first kappa shape index (κ1) is 17.4. The van der Waals surface area contributed by atoms with E-state index in [0.717, 1.165) is 35.6 Å². The molecule has 0 aliphatic carbocycles. The molecule has 8 heteroatoms. The number of hydrogen-bond acceptors (Lipinski definition) is 6. The van der Waals surface area contributed by atoms with Crippen molar-refractivity contribution >= 4 is 31.9 Å². The van der Waals surface area contributed by atoms with Crippen LogP contribution < -0.4 is 5.32 Å². The number of anilines is 1. The molecule has 0 aliphatic heterocycles. The van der Waals surface area contributed by atoms with Crippen molar-refractivity contribution in [1.82, 2.24) is 0 Å². The van der Waals surface area contributed by atoms with Crippen molar-refractivity contribution in [3.63, 3.8) is 0 Å². The number of sulfone groups is 1. The normalized spacial score (nSPS) is 12.8. The van der Waals surface area contributed by atoms with E-state index in [1.165, 1.54) is 0 Å². The van der Waals surface area contributed by atoms with Gasteiger partial charge >= 0.3 is 5.69 Å². The van der Waals surface area contributed by atoms with Crippen molar-refractivity contribution in [2.24, 2.45) is 0 Å². The maximum Gasteiger partial charge on any atom is 0.304 e. The van der Waals surface area contributed by atoms with Crippen LogP contribution >= 0.6 is 11.3 Å². The van der Waals surface area contributed by atoms with E-state index in [-0.39, 0.29) is 20.8 Å². The Morgan fingerprint density at radius 1 is 1.30 bits per heavy atom. The van der Waals surface area contributed by atoms with E-state index in [1.807, 2.05) is 37.3 Å². The van der Waals surface area contributed by atoms with E-state index < -0.39 is 14.8 Å². The van der Waals surface area contributed by atoms with Gasteiger partial charge in [0, 0.05) is 24.8 Å². The average molecular weight is 354 g/mol.